The molecule has 1 N–H and O–H groups in total. The number of hydrogen-bond acceptors (Lipinski definition) is 2. The molecule has 0 spiro atoms. The molecule has 0 aliphatic rings. The van der Waals surface area contributed by atoms with E-state index in [9.17, 15) is 5.11 Å². The number of nitrogens with zero attached hydrogens (tertiary/aromatic N) is 3. The van der Waals surface area contributed by atoms with Crippen LogP contribution in [0.1, 0.15) is 11.7 Å². The van der Waals surface area contributed by atoms with Crippen LogP contribution in [0.4, 0.5) is 0 Å². The van der Waals surface area contributed by atoms with E-state index in [1.54, 1.807) is 6.07 Å². The number of hydrogen-bond donors (Lipinski definition) is 1. The van der Waals surface area contributed by atoms with Crippen LogP contribution in [0.15, 0.2) is 33.9 Å². The smallest absolute Gasteiger partial charge is 0.0857 e. The normalized spacial score (nSPS) is 11.8. The van der Waals surface area contributed by atoms with Gasteiger partial charge in [-0.1, -0.05) is 39.2 Å². The molecule has 4 nitrogen and oxygen atoms in total. The fourth-order valence-electron chi connectivity index (χ4n) is 0.958. The van der Waals surface area contributed by atoms with Crippen molar-refractivity contribution < 1.29 is 5.11 Å². The van der Waals surface area contributed by atoms with Gasteiger partial charge < -0.3 is 5.11 Å². The summed E-state index contributed by atoms with van der Waals surface area (Å²) in [5, 5.41) is 12.8. The summed E-state index contributed by atoms with van der Waals surface area (Å²) in [5.41, 5.74) is 8.80. The Morgan fingerprint density at radius 2 is 2.23 bits per heavy atom. The van der Waals surface area contributed by atoms with Crippen molar-refractivity contribution in [2.45, 2.75) is 6.10 Å². The number of azide groups is 1. The summed E-state index contributed by atoms with van der Waals surface area (Å²) in [4.78, 5) is 2.58. The molecule has 1 rings (SSSR count). The van der Waals surface area contributed by atoms with E-state index in [1.165, 1.54) is 0 Å². The van der Waals surface area contributed by atoms with Crippen LogP contribution in [0.2, 0.25) is 0 Å². The first-order valence-corrected chi connectivity index (χ1v) is 4.48. The van der Waals surface area contributed by atoms with Crippen LogP contribution in [-0.2, 0) is 0 Å². The van der Waals surface area contributed by atoms with Crippen LogP contribution >= 0.6 is 15.9 Å². The molecule has 0 fully saturated rings. The zero-order valence-corrected chi connectivity index (χ0v) is 8.35. The van der Waals surface area contributed by atoms with E-state index in [2.05, 4.69) is 26.0 Å². The third-order valence-corrected chi connectivity index (χ3v) is 2.30. The molecule has 0 aromatic heterocycles. The molecule has 0 radical (unpaired) electrons. The SMILES string of the molecule is [N-]=[N+]=NC[C@@H](O)c1ccccc1Br. The highest BCUT2D eigenvalue weighted by Gasteiger charge is 2.08. The number of benzene rings is 1. The van der Waals surface area contributed by atoms with Crippen LogP contribution in [0.3, 0.4) is 0 Å². The van der Waals surface area contributed by atoms with Crippen molar-refractivity contribution in [3.8, 4) is 0 Å². The first kappa shape index (κ1) is 10.1. The molecule has 0 bridgehead atoms. The number of aliphatic hydroxyl groups is 1. The Bertz CT molecular complexity index is 336. The Labute approximate surface area is 84.0 Å². The summed E-state index contributed by atoms with van der Waals surface area (Å²) in [5.74, 6) is 0. The number of rotatable bonds is 3. The molecular weight excluding hydrogens is 234 g/mol. The van der Waals surface area contributed by atoms with Crippen LogP contribution in [0.5, 0.6) is 0 Å². The van der Waals surface area contributed by atoms with E-state index in [0.29, 0.717) is 0 Å². The average Bonchev–Trinajstić information content (AvgIpc) is 2.15. The second-order valence-electron chi connectivity index (χ2n) is 2.45. The van der Waals surface area contributed by atoms with Crippen molar-refractivity contribution in [2.75, 3.05) is 6.54 Å². The second-order valence-corrected chi connectivity index (χ2v) is 3.31. The zero-order valence-electron chi connectivity index (χ0n) is 6.76. The first-order chi connectivity index (χ1) is 6.25. The average molecular weight is 242 g/mol. The van der Waals surface area contributed by atoms with Crippen LogP contribution < -0.4 is 0 Å². The Kier molecular flexibility index (Phi) is 3.76. The monoisotopic (exact) mass is 241 g/mol. The van der Waals surface area contributed by atoms with Gasteiger partial charge in [-0.05, 0) is 17.2 Å². The lowest BCUT2D eigenvalue weighted by Crippen LogP contribution is -2.01. The highest BCUT2D eigenvalue weighted by atomic mass is 79.9. The molecule has 0 unspecified atom stereocenters. The topological polar surface area (TPSA) is 69.0 Å². The fourth-order valence-corrected chi connectivity index (χ4v) is 1.51. The third kappa shape index (κ3) is 2.73. The van der Waals surface area contributed by atoms with E-state index in [1.807, 2.05) is 18.2 Å². The van der Waals surface area contributed by atoms with Crippen molar-refractivity contribution in [2.24, 2.45) is 5.11 Å². The minimum atomic E-state index is -0.744. The molecule has 0 aliphatic heterocycles. The van der Waals surface area contributed by atoms with Gasteiger partial charge in [0, 0.05) is 9.38 Å². The van der Waals surface area contributed by atoms with E-state index in [0.717, 1.165) is 10.0 Å². The molecule has 1 aromatic rings. The van der Waals surface area contributed by atoms with Gasteiger partial charge in [-0.25, -0.2) is 0 Å². The minimum absolute atomic E-state index is 0.0547. The minimum Gasteiger partial charge on any atom is -0.388 e. The highest BCUT2D eigenvalue weighted by Crippen LogP contribution is 2.22. The Balaban J connectivity index is 2.81. The van der Waals surface area contributed by atoms with Gasteiger partial charge in [-0.2, -0.15) is 0 Å². The summed E-state index contributed by atoms with van der Waals surface area (Å²) in [7, 11) is 0. The molecule has 1 aromatic carbocycles. The van der Waals surface area contributed by atoms with Gasteiger partial charge in [0.2, 0.25) is 0 Å². The summed E-state index contributed by atoms with van der Waals surface area (Å²) in [6, 6.07) is 7.28. The Hall–Kier alpha value is -1.03. The van der Waals surface area contributed by atoms with Gasteiger partial charge in [0.1, 0.15) is 0 Å². The maximum Gasteiger partial charge on any atom is 0.0857 e. The third-order valence-electron chi connectivity index (χ3n) is 1.58. The zero-order chi connectivity index (χ0) is 9.68. The highest BCUT2D eigenvalue weighted by molar-refractivity contribution is 9.10. The Morgan fingerprint density at radius 1 is 1.54 bits per heavy atom. The van der Waals surface area contributed by atoms with Crippen LogP contribution in [0, 0.1) is 0 Å². The number of halogens is 1. The first-order valence-electron chi connectivity index (χ1n) is 3.69. The molecule has 13 heavy (non-hydrogen) atoms. The van der Waals surface area contributed by atoms with Crippen LogP contribution in [0.25, 0.3) is 10.4 Å². The van der Waals surface area contributed by atoms with Gasteiger partial charge in [0.25, 0.3) is 0 Å². The molecule has 0 saturated carbocycles. The molecule has 0 saturated heterocycles. The molecule has 5 heteroatoms. The molecule has 1 atom stereocenters. The lowest BCUT2D eigenvalue weighted by atomic mass is 10.1. The summed E-state index contributed by atoms with van der Waals surface area (Å²) < 4.78 is 0.815. The van der Waals surface area contributed by atoms with E-state index < -0.39 is 6.10 Å². The Morgan fingerprint density at radius 3 is 2.85 bits per heavy atom. The predicted octanol–water partition coefficient (Wildman–Crippen LogP) is 2.79. The van der Waals surface area contributed by atoms with Gasteiger partial charge in [-0.15, -0.1) is 0 Å². The molecule has 0 amide bonds. The van der Waals surface area contributed by atoms with E-state index in [4.69, 9.17) is 5.53 Å². The quantitative estimate of drug-likeness (QED) is 0.494. The van der Waals surface area contributed by atoms with Gasteiger partial charge in [0.05, 0.1) is 12.6 Å². The van der Waals surface area contributed by atoms with Crippen LogP contribution in [-0.4, -0.2) is 11.7 Å². The summed E-state index contributed by atoms with van der Waals surface area (Å²) in [6.45, 7) is 0.0547. The maximum absolute atomic E-state index is 9.54. The van der Waals surface area contributed by atoms with E-state index >= 15 is 0 Å². The van der Waals surface area contributed by atoms with Crippen molar-refractivity contribution in [3.05, 3.63) is 44.7 Å². The van der Waals surface area contributed by atoms with Gasteiger partial charge in [-0.3, -0.25) is 0 Å². The summed E-state index contributed by atoms with van der Waals surface area (Å²) in [6.07, 6.45) is -0.744. The lowest BCUT2D eigenvalue weighted by Gasteiger charge is -2.08. The molecule has 0 heterocycles. The molecule has 68 valence electrons. The second kappa shape index (κ2) is 4.87. The van der Waals surface area contributed by atoms with E-state index in [-0.39, 0.29) is 6.54 Å². The van der Waals surface area contributed by atoms with Crippen molar-refractivity contribution in [1.82, 2.24) is 0 Å². The standard InChI is InChI=1S/C8H8BrN3O/c9-7-4-2-1-3-6(7)8(13)5-11-12-10/h1-4,8,13H,5H2/t8-/m1/s1. The van der Waals surface area contributed by atoms with Gasteiger partial charge in [0.15, 0.2) is 0 Å². The van der Waals surface area contributed by atoms with Crippen molar-refractivity contribution in [1.29, 1.82) is 0 Å². The summed E-state index contributed by atoms with van der Waals surface area (Å²) >= 11 is 3.29. The molecule has 0 aliphatic carbocycles. The lowest BCUT2D eigenvalue weighted by molar-refractivity contribution is 0.186. The maximum atomic E-state index is 9.54. The predicted molar refractivity (Wildman–Crippen MR) is 53.1 cm³/mol. The van der Waals surface area contributed by atoms with Crippen molar-refractivity contribution in [3.63, 3.8) is 0 Å². The number of aliphatic hydroxyl groups excluding tert-OH is 1. The fraction of sp³-hybridized carbons (Fsp3) is 0.250. The largest absolute Gasteiger partial charge is 0.388 e. The van der Waals surface area contributed by atoms with Crippen molar-refractivity contribution >= 4 is 15.9 Å². The molecular formula is C8H8BrN3O. The van der Waals surface area contributed by atoms with Gasteiger partial charge >= 0.3 is 0 Å².